The Bertz CT molecular complexity index is 379. The average molecular weight is 291 g/mol. The number of aromatic nitrogens is 2. The smallest absolute Gasteiger partial charge is 0.268 e. The summed E-state index contributed by atoms with van der Waals surface area (Å²) in [5.74, 6) is 0.793. The SMILES string of the molecule is CC(C)COCCOc1nc[nH]c(=O)c1Br. The number of ether oxygens (including phenoxy) is 2. The lowest BCUT2D eigenvalue weighted by atomic mass is 10.2. The molecule has 0 saturated carbocycles. The molecule has 0 aromatic carbocycles. The van der Waals surface area contributed by atoms with E-state index in [0.29, 0.717) is 30.2 Å². The first-order valence-electron chi connectivity index (χ1n) is 5.05. The van der Waals surface area contributed by atoms with Gasteiger partial charge in [0.15, 0.2) is 0 Å². The molecule has 6 heteroatoms. The van der Waals surface area contributed by atoms with Gasteiger partial charge < -0.3 is 14.5 Å². The van der Waals surface area contributed by atoms with Crippen LogP contribution in [0.5, 0.6) is 5.88 Å². The standard InChI is InChI=1S/C10H15BrN2O3/c1-7(2)5-15-3-4-16-10-8(11)9(14)12-6-13-10/h6-7H,3-5H2,1-2H3,(H,12,13,14). The minimum Gasteiger partial charge on any atom is -0.474 e. The van der Waals surface area contributed by atoms with Gasteiger partial charge in [-0.3, -0.25) is 4.79 Å². The molecule has 0 unspecified atom stereocenters. The summed E-state index contributed by atoms with van der Waals surface area (Å²) in [6.45, 7) is 5.72. The lowest BCUT2D eigenvalue weighted by Crippen LogP contribution is -2.14. The van der Waals surface area contributed by atoms with E-state index in [2.05, 4.69) is 39.7 Å². The average Bonchev–Trinajstić information content (AvgIpc) is 2.23. The quantitative estimate of drug-likeness (QED) is 0.808. The fourth-order valence-corrected chi connectivity index (χ4v) is 1.31. The molecule has 1 N–H and O–H groups in total. The molecule has 0 aliphatic rings. The van der Waals surface area contributed by atoms with Crippen LogP contribution < -0.4 is 10.3 Å². The number of hydrogen-bond donors (Lipinski definition) is 1. The Morgan fingerprint density at radius 1 is 1.50 bits per heavy atom. The van der Waals surface area contributed by atoms with Crippen molar-refractivity contribution in [3.05, 3.63) is 21.2 Å². The van der Waals surface area contributed by atoms with Crippen molar-refractivity contribution >= 4 is 15.9 Å². The van der Waals surface area contributed by atoms with Crippen LogP contribution in [0, 0.1) is 5.92 Å². The van der Waals surface area contributed by atoms with Crippen molar-refractivity contribution in [2.75, 3.05) is 19.8 Å². The number of halogens is 1. The summed E-state index contributed by atoms with van der Waals surface area (Å²) < 4.78 is 10.9. The highest BCUT2D eigenvalue weighted by Gasteiger charge is 2.05. The van der Waals surface area contributed by atoms with E-state index in [1.54, 1.807) is 0 Å². The van der Waals surface area contributed by atoms with Crippen LogP contribution in [-0.4, -0.2) is 29.8 Å². The second-order valence-electron chi connectivity index (χ2n) is 3.67. The fraction of sp³-hybridized carbons (Fsp3) is 0.600. The molecule has 1 heterocycles. The van der Waals surface area contributed by atoms with Gasteiger partial charge in [-0.25, -0.2) is 4.98 Å². The Hall–Kier alpha value is -0.880. The summed E-state index contributed by atoms with van der Waals surface area (Å²) in [6, 6.07) is 0. The molecule has 1 aromatic heterocycles. The maximum atomic E-state index is 11.2. The minimum absolute atomic E-state index is 0.256. The minimum atomic E-state index is -0.256. The summed E-state index contributed by atoms with van der Waals surface area (Å²) >= 11 is 3.10. The molecule has 0 amide bonds. The van der Waals surface area contributed by atoms with E-state index in [9.17, 15) is 4.79 Å². The van der Waals surface area contributed by atoms with Crippen molar-refractivity contribution in [2.45, 2.75) is 13.8 Å². The Balaban J connectivity index is 2.32. The van der Waals surface area contributed by atoms with Crippen LogP contribution in [0.1, 0.15) is 13.8 Å². The molecule has 90 valence electrons. The Morgan fingerprint density at radius 2 is 2.25 bits per heavy atom. The topological polar surface area (TPSA) is 64.2 Å². The third-order valence-corrected chi connectivity index (χ3v) is 2.38. The molecule has 0 bridgehead atoms. The number of aromatic amines is 1. The van der Waals surface area contributed by atoms with Crippen molar-refractivity contribution in [2.24, 2.45) is 5.92 Å². The van der Waals surface area contributed by atoms with E-state index in [1.807, 2.05) is 0 Å². The van der Waals surface area contributed by atoms with Crippen molar-refractivity contribution in [1.82, 2.24) is 9.97 Å². The summed E-state index contributed by atoms with van der Waals surface area (Å²) in [7, 11) is 0. The van der Waals surface area contributed by atoms with Gasteiger partial charge in [-0.15, -0.1) is 0 Å². The molecule has 0 spiro atoms. The molecule has 0 fully saturated rings. The van der Waals surface area contributed by atoms with Gasteiger partial charge in [0.1, 0.15) is 11.1 Å². The van der Waals surface area contributed by atoms with E-state index in [0.717, 1.165) is 0 Å². The molecule has 0 aliphatic carbocycles. The zero-order chi connectivity index (χ0) is 12.0. The zero-order valence-corrected chi connectivity index (χ0v) is 10.9. The molecule has 1 rings (SSSR count). The number of rotatable bonds is 6. The van der Waals surface area contributed by atoms with Gasteiger partial charge in [-0.05, 0) is 21.8 Å². The Morgan fingerprint density at radius 3 is 2.94 bits per heavy atom. The van der Waals surface area contributed by atoms with Gasteiger partial charge in [0, 0.05) is 6.61 Å². The highest BCUT2D eigenvalue weighted by atomic mass is 79.9. The molecule has 1 aromatic rings. The van der Waals surface area contributed by atoms with Gasteiger partial charge in [0.25, 0.3) is 5.56 Å². The van der Waals surface area contributed by atoms with Gasteiger partial charge in [-0.1, -0.05) is 13.8 Å². The molecule has 16 heavy (non-hydrogen) atoms. The summed E-state index contributed by atoms with van der Waals surface area (Å²) in [6.07, 6.45) is 1.30. The number of nitrogens with one attached hydrogen (secondary N) is 1. The van der Waals surface area contributed by atoms with Gasteiger partial charge in [0.2, 0.25) is 5.88 Å². The third-order valence-electron chi connectivity index (χ3n) is 1.68. The molecule has 0 atom stereocenters. The first kappa shape index (κ1) is 13.2. The second-order valence-corrected chi connectivity index (χ2v) is 4.46. The van der Waals surface area contributed by atoms with E-state index in [1.165, 1.54) is 6.33 Å². The highest BCUT2D eigenvalue weighted by Crippen LogP contribution is 2.15. The van der Waals surface area contributed by atoms with Crippen LogP contribution in [-0.2, 0) is 4.74 Å². The van der Waals surface area contributed by atoms with Crippen LogP contribution in [0.3, 0.4) is 0 Å². The maximum absolute atomic E-state index is 11.2. The first-order valence-corrected chi connectivity index (χ1v) is 5.84. The largest absolute Gasteiger partial charge is 0.474 e. The van der Waals surface area contributed by atoms with Crippen LogP contribution in [0.15, 0.2) is 15.6 Å². The first-order chi connectivity index (χ1) is 7.61. The van der Waals surface area contributed by atoms with Gasteiger partial charge in [-0.2, -0.15) is 0 Å². The predicted octanol–water partition coefficient (Wildman–Crippen LogP) is 1.58. The number of H-pyrrole nitrogens is 1. The van der Waals surface area contributed by atoms with Crippen molar-refractivity contribution in [3.8, 4) is 5.88 Å². The highest BCUT2D eigenvalue weighted by molar-refractivity contribution is 9.10. The number of hydrogen-bond acceptors (Lipinski definition) is 4. The summed E-state index contributed by atoms with van der Waals surface area (Å²) in [5.41, 5.74) is -0.256. The predicted molar refractivity (Wildman–Crippen MR) is 63.7 cm³/mol. The van der Waals surface area contributed by atoms with E-state index < -0.39 is 0 Å². The monoisotopic (exact) mass is 290 g/mol. The Kier molecular flexibility index (Phi) is 5.48. The molecule has 0 aliphatic heterocycles. The van der Waals surface area contributed by atoms with E-state index in [4.69, 9.17) is 9.47 Å². The van der Waals surface area contributed by atoms with Gasteiger partial charge in [0.05, 0.1) is 12.9 Å². The van der Waals surface area contributed by atoms with Crippen LogP contribution >= 0.6 is 15.9 Å². The van der Waals surface area contributed by atoms with Crippen molar-refractivity contribution in [3.63, 3.8) is 0 Å². The molecule has 0 saturated heterocycles. The van der Waals surface area contributed by atoms with Gasteiger partial charge >= 0.3 is 0 Å². The fourth-order valence-electron chi connectivity index (χ4n) is 0.984. The normalized spacial score (nSPS) is 10.8. The lowest BCUT2D eigenvalue weighted by Gasteiger charge is -2.08. The lowest BCUT2D eigenvalue weighted by molar-refractivity contribution is 0.0803. The third kappa shape index (κ3) is 4.32. The molecular formula is C10H15BrN2O3. The molecule has 5 nitrogen and oxygen atoms in total. The summed E-state index contributed by atoms with van der Waals surface area (Å²) in [5, 5.41) is 0. The molecular weight excluding hydrogens is 276 g/mol. The summed E-state index contributed by atoms with van der Waals surface area (Å²) in [4.78, 5) is 17.5. The maximum Gasteiger partial charge on any atom is 0.268 e. The van der Waals surface area contributed by atoms with Crippen LogP contribution in [0.2, 0.25) is 0 Å². The van der Waals surface area contributed by atoms with E-state index >= 15 is 0 Å². The Labute approximate surface area is 102 Å². The zero-order valence-electron chi connectivity index (χ0n) is 9.33. The van der Waals surface area contributed by atoms with Crippen LogP contribution in [0.4, 0.5) is 0 Å². The molecule has 0 radical (unpaired) electrons. The van der Waals surface area contributed by atoms with E-state index in [-0.39, 0.29) is 11.4 Å². The number of nitrogens with zero attached hydrogens (tertiary/aromatic N) is 1. The van der Waals surface area contributed by atoms with Crippen molar-refractivity contribution in [1.29, 1.82) is 0 Å². The van der Waals surface area contributed by atoms with Crippen LogP contribution in [0.25, 0.3) is 0 Å². The van der Waals surface area contributed by atoms with Crippen molar-refractivity contribution < 1.29 is 9.47 Å². The second kappa shape index (κ2) is 6.65.